The van der Waals surface area contributed by atoms with Crippen LogP contribution >= 0.6 is 23.2 Å². The van der Waals surface area contributed by atoms with E-state index < -0.39 is 23.7 Å². The van der Waals surface area contributed by atoms with Crippen molar-refractivity contribution in [3.63, 3.8) is 0 Å². The predicted molar refractivity (Wildman–Crippen MR) is 145 cm³/mol. The van der Waals surface area contributed by atoms with Crippen LogP contribution in [0.2, 0.25) is 10.0 Å². The van der Waals surface area contributed by atoms with Gasteiger partial charge in [0.2, 0.25) is 0 Å². The summed E-state index contributed by atoms with van der Waals surface area (Å²) in [7, 11) is 2.67. The van der Waals surface area contributed by atoms with E-state index in [0.717, 1.165) is 35.9 Å². The topological polar surface area (TPSA) is 49.9 Å². The van der Waals surface area contributed by atoms with Gasteiger partial charge < -0.3 is 14.5 Å². The van der Waals surface area contributed by atoms with E-state index in [1.807, 2.05) is 32.0 Å². The number of likely N-dealkylation sites (tertiary alicyclic amines) is 1. The van der Waals surface area contributed by atoms with E-state index in [2.05, 4.69) is 0 Å². The van der Waals surface area contributed by atoms with Gasteiger partial charge in [-0.05, 0) is 61.9 Å². The number of hydrogen-bond acceptors (Lipinski definition) is 3. The summed E-state index contributed by atoms with van der Waals surface area (Å²) in [5.74, 6) is -1.54. The Morgan fingerprint density at radius 1 is 0.923 bits per heavy atom. The summed E-state index contributed by atoms with van der Waals surface area (Å²) in [5.41, 5.74) is 2.00. The van der Waals surface area contributed by atoms with Gasteiger partial charge in [-0.1, -0.05) is 46.5 Å². The lowest BCUT2D eigenvalue weighted by atomic mass is 9.93. The number of rotatable bonds is 5. The molecule has 5 nitrogen and oxygen atoms in total. The second-order valence-electron chi connectivity index (χ2n) is 9.76. The Morgan fingerprint density at radius 2 is 1.59 bits per heavy atom. The van der Waals surface area contributed by atoms with Crippen LogP contribution in [-0.2, 0) is 6.18 Å². The van der Waals surface area contributed by atoms with Gasteiger partial charge in [-0.25, -0.2) is 0 Å². The molecule has 10 heteroatoms. The molecule has 3 aromatic carbocycles. The summed E-state index contributed by atoms with van der Waals surface area (Å²) >= 11 is 12.4. The van der Waals surface area contributed by atoms with Crippen molar-refractivity contribution in [2.24, 2.45) is 0 Å². The first-order valence-corrected chi connectivity index (χ1v) is 12.9. The lowest BCUT2D eigenvalue weighted by Crippen LogP contribution is -2.42. The highest BCUT2D eigenvalue weighted by Gasteiger charge is 2.41. The van der Waals surface area contributed by atoms with Crippen molar-refractivity contribution in [2.75, 3.05) is 27.2 Å². The Labute approximate surface area is 235 Å². The largest absolute Gasteiger partial charge is 0.496 e. The van der Waals surface area contributed by atoms with Crippen molar-refractivity contribution in [3.05, 3.63) is 98.0 Å². The predicted octanol–water partition coefficient (Wildman–Crippen LogP) is 7.02. The van der Waals surface area contributed by atoms with Crippen LogP contribution in [0.15, 0.2) is 54.6 Å². The van der Waals surface area contributed by atoms with Crippen LogP contribution in [0.4, 0.5) is 13.2 Å². The zero-order valence-corrected chi connectivity index (χ0v) is 23.3. The Balaban J connectivity index is 1.70. The molecule has 0 aliphatic carbocycles. The number of methoxy groups -OCH3 is 1. The summed E-state index contributed by atoms with van der Waals surface area (Å²) in [6.45, 7) is 4.28. The number of hydrogen-bond donors (Lipinski definition) is 0. The molecule has 206 valence electrons. The molecule has 4 rings (SSSR count). The van der Waals surface area contributed by atoms with E-state index >= 15 is 0 Å². The number of alkyl halides is 3. The molecule has 1 fully saturated rings. The van der Waals surface area contributed by atoms with Crippen LogP contribution in [-0.4, -0.2) is 54.9 Å². The molecule has 1 saturated heterocycles. The van der Waals surface area contributed by atoms with E-state index in [9.17, 15) is 22.8 Å². The normalized spacial score (nSPS) is 17.3. The van der Waals surface area contributed by atoms with Crippen LogP contribution in [0.1, 0.15) is 48.9 Å². The highest BCUT2D eigenvalue weighted by Crippen LogP contribution is 2.38. The zero-order valence-electron chi connectivity index (χ0n) is 21.8. The van der Waals surface area contributed by atoms with Gasteiger partial charge in [0.15, 0.2) is 0 Å². The van der Waals surface area contributed by atoms with Gasteiger partial charge in [0.25, 0.3) is 11.8 Å². The first kappa shape index (κ1) is 28.8. The first-order valence-electron chi connectivity index (χ1n) is 12.1. The Bertz CT molecular complexity index is 1410. The van der Waals surface area contributed by atoms with E-state index in [4.69, 9.17) is 27.9 Å². The lowest BCUT2D eigenvalue weighted by molar-refractivity contribution is -0.138. The summed E-state index contributed by atoms with van der Waals surface area (Å²) in [6, 6.07) is 13.4. The Morgan fingerprint density at radius 3 is 2.18 bits per heavy atom. The quantitative estimate of drug-likeness (QED) is 0.327. The summed E-state index contributed by atoms with van der Waals surface area (Å²) in [5, 5.41) is 0.687. The Hall–Kier alpha value is -3.23. The molecule has 0 unspecified atom stereocenters. The molecule has 2 atom stereocenters. The molecule has 0 spiro atoms. The average molecular weight is 579 g/mol. The monoisotopic (exact) mass is 578 g/mol. The van der Waals surface area contributed by atoms with Crippen LogP contribution in [0.25, 0.3) is 0 Å². The molecule has 3 aromatic rings. The summed E-state index contributed by atoms with van der Waals surface area (Å²) < 4.78 is 45.7. The third kappa shape index (κ3) is 6.02. The maximum absolute atomic E-state index is 13.6. The molecule has 0 N–H and O–H groups in total. The van der Waals surface area contributed by atoms with Crippen LogP contribution in [0.3, 0.4) is 0 Å². The molecule has 1 heterocycles. The minimum Gasteiger partial charge on any atom is -0.496 e. The number of likely N-dealkylation sites (N-methyl/N-ethyl adjacent to an activating group) is 1. The van der Waals surface area contributed by atoms with E-state index in [1.54, 1.807) is 23.1 Å². The number of benzene rings is 3. The molecular formula is C29H27Cl2F3N2O3. The maximum atomic E-state index is 13.6. The van der Waals surface area contributed by atoms with Gasteiger partial charge in [0, 0.05) is 37.2 Å². The minimum absolute atomic E-state index is 0.141. The lowest BCUT2D eigenvalue weighted by Gasteiger charge is -2.29. The number of halogens is 5. The van der Waals surface area contributed by atoms with Crippen molar-refractivity contribution in [1.29, 1.82) is 0 Å². The van der Waals surface area contributed by atoms with Gasteiger partial charge in [0.1, 0.15) is 5.75 Å². The zero-order chi connectivity index (χ0) is 28.6. The maximum Gasteiger partial charge on any atom is 0.419 e. The number of carbonyl (C=O) groups excluding carboxylic acids is 2. The van der Waals surface area contributed by atoms with Crippen LogP contribution in [0, 0.1) is 13.8 Å². The van der Waals surface area contributed by atoms with Crippen molar-refractivity contribution < 1.29 is 27.5 Å². The van der Waals surface area contributed by atoms with Gasteiger partial charge in [-0.3, -0.25) is 9.59 Å². The first-order chi connectivity index (χ1) is 18.3. The third-order valence-electron chi connectivity index (χ3n) is 6.99. The van der Waals surface area contributed by atoms with Crippen molar-refractivity contribution in [2.45, 2.75) is 32.0 Å². The smallest absolute Gasteiger partial charge is 0.419 e. The molecule has 1 aliphatic rings. The van der Waals surface area contributed by atoms with Crippen molar-refractivity contribution >= 4 is 35.0 Å². The van der Waals surface area contributed by atoms with Gasteiger partial charge >= 0.3 is 6.18 Å². The molecule has 2 amide bonds. The number of amides is 2. The van der Waals surface area contributed by atoms with E-state index in [1.165, 1.54) is 18.0 Å². The average Bonchev–Trinajstić information content (AvgIpc) is 3.33. The summed E-state index contributed by atoms with van der Waals surface area (Å²) in [4.78, 5) is 30.1. The van der Waals surface area contributed by atoms with Crippen LogP contribution in [0.5, 0.6) is 5.75 Å². The van der Waals surface area contributed by atoms with Gasteiger partial charge in [0.05, 0.1) is 28.8 Å². The second-order valence-corrected chi connectivity index (χ2v) is 10.6. The number of carbonyl (C=O) groups is 2. The standard InChI is InChI=1S/C29H27Cl2F3N2O3/c1-16-9-17(2)11-20(10-16)28(38)36-14-21(18-5-7-23(30)24(31)13-18)25(15-36)35(3)27(37)19-6-8-26(39-4)22(12-19)29(32,33)34/h5-13,21,25H,14-15H2,1-4H3/t21-,25+/m0/s1. The fourth-order valence-corrected chi connectivity index (χ4v) is 5.42. The fraction of sp³-hybridized carbons (Fsp3) is 0.310. The highest BCUT2D eigenvalue weighted by atomic mass is 35.5. The van der Waals surface area contributed by atoms with Gasteiger partial charge in [-0.15, -0.1) is 0 Å². The number of ether oxygens (including phenoxy) is 1. The van der Waals surface area contributed by atoms with Gasteiger partial charge in [-0.2, -0.15) is 13.2 Å². The van der Waals surface area contributed by atoms with Crippen LogP contribution < -0.4 is 4.74 Å². The molecule has 1 aliphatic heterocycles. The molecule has 0 saturated carbocycles. The number of nitrogens with zero attached hydrogens (tertiary/aromatic N) is 2. The van der Waals surface area contributed by atoms with Crippen molar-refractivity contribution in [3.8, 4) is 5.75 Å². The highest BCUT2D eigenvalue weighted by molar-refractivity contribution is 6.42. The molecule has 39 heavy (non-hydrogen) atoms. The van der Waals surface area contributed by atoms with Crippen molar-refractivity contribution in [1.82, 2.24) is 9.80 Å². The SMILES string of the molecule is COc1ccc(C(=O)N(C)[C@@H]2CN(C(=O)c3cc(C)cc(C)c3)C[C@H]2c2ccc(Cl)c(Cl)c2)cc1C(F)(F)F. The fourth-order valence-electron chi connectivity index (χ4n) is 5.11. The third-order valence-corrected chi connectivity index (χ3v) is 7.73. The minimum atomic E-state index is -4.70. The van der Waals surface area contributed by atoms with E-state index in [-0.39, 0.29) is 36.2 Å². The molecule has 0 bridgehead atoms. The van der Waals surface area contributed by atoms with E-state index in [0.29, 0.717) is 15.6 Å². The summed E-state index contributed by atoms with van der Waals surface area (Å²) in [6.07, 6.45) is -4.70. The molecule has 0 aromatic heterocycles. The number of aryl methyl sites for hydroxylation is 2. The second kappa shape index (κ2) is 11.1. The molecule has 0 radical (unpaired) electrons. The molecular weight excluding hydrogens is 552 g/mol. The Kier molecular flexibility index (Phi) is 8.19.